The Morgan fingerprint density at radius 1 is 1.20 bits per heavy atom. The summed E-state index contributed by atoms with van der Waals surface area (Å²) in [5.74, 6) is 0.290. The topological polar surface area (TPSA) is 74.8 Å². The number of hydrogen-bond donors (Lipinski definition) is 1. The zero-order chi connectivity index (χ0) is 17.6. The molecule has 0 unspecified atom stereocenters. The molecule has 0 bridgehead atoms. The fraction of sp³-hybridized carbons (Fsp3) is 0.235. The minimum absolute atomic E-state index is 0.0509. The average Bonchev–Trinajstić information content (AvgIpc) is 2.59. The molecule has 1 saturated heterocycles. The highest BCUT2D eigenvalue weighted by Gasteiger charge is 2.27. The lowest BCUT2D eigenvalue weighted by molar-refractivity contribution is 0.0829. The standard InChI is InChI=1S/C17H17IN4O3/c18-25-20-16(23)14-7-5-13(6-8-14)12-22(15-4-1-2-9-19-15)17(24)21-10-3-11-21/h1-2,4-9H,3,10-12H2,(H,20,23). The van der Waals surface area contributed by atoms with Crippen molar-refractivity contribution < 1.29 is 12.8 Å². The lowest BCUT2D eigenvalue weighted by Gasteiger charge is -2.35. The van der Waals surface area contributed by atoms with Crippen LogP contribution in [-0.4, -0.2) is 34.9 Å². The Bertz CT molecular complexity index is 735. The second-order valence-electron chi connectivity index (χ2n) is 5.60. The molecule has 3 amide bonds. The van der Waals surface area contributed by atoms with Crippen LogP contribution in [0.2, 0.25) is 0 Å². The molecule has 2 heterocycles. The molecule has 130 valence electrons. The number of hydrogen-bond acceptors (Lipinski definition) is 4. The first-order valence-corrected chi connectivity index (χ1v) is 8.71. The quantitative estimate of drug-likeness (QED) is 0.560. The second kappa shape index (κ2) is 8.26. The number of rotatable bonds is 5. The minimum atomic E-state index is -0.320. The molecule has 1 N–H and O–H groups in total. The van der Waals surface area contributed by atoms with E-state index in [2.05, 4.69) is 13.6 Å². The second-order valence-corrected chi connectivity index (χ2v) is 6.04. The Morgan fingerprint density at radius 2 is 1.96 bits per heavy atom. The zero-order valence-electron chi connectivity index (χ0n) is 13.4. The van der Waals surface area contributed by atoms with Gasteiger partial charge in [-0.3, -0.25) is 9.69 Å². The third-order valence-corrected chi connectivity index (χ3v) is 4.19. The van der Waals surface area contributed by atoms with Crippen molar-refractivity contribution in [3.63, 3.8) is 0 Å². The van der Waals surface area contributed by atoms with Gasteiger partial charge in [-0.15, -0.1) is 0 Å². The van der Waals surface area contributed by atoms with Crippen LogP contribution in [0.25, 0.3) is 0 Å². The maximum atomic E-state index is 12.7. The molecule has 0 aliphatic carbocycles. The molecule has 1 aliphatic rings. The summed E-state index contributed by atoms with van der Waals surface area (Å²) < 4.78 is 4.59. The molecule has 2 aromatic rings. The van der Waals surface area contributed by atoms with Crippen LogP contribution in [0.3, 0.4) is 0 Å². The molecule has 8 heteroatoms. The number of pyridine rings is 1. The number of aromatic nitrogens is 1. The van der Waals surface area contributed by atoms with E-state index in [0.717, 1.165) is 25.1 Å². The van der Waals surface area contributed by atoms with Crippen LogP contribution in [0.4, 0.5) is 10.6 Å². The summed E-state index contributed by atoms with van der Waals surface area (Å²) in [7, 11) is 0. The number of nitrogens with one attached hydrogen (secondary N) is 1. The van der Waals surface area contributed by atoms with Crippen molar-refractivity contribution in [1.29, 1.82) is 0 Å². The van der Waals surface area contributed by atoms with Crippen molar-refractivity contribution in [2.75, 3.05) is 18.0 Å². The van der Waals surface area contributed by atoms with Gasteiger partial charge in [0.25, 0.3) is 5.91 Å². The van der Waals surface area contributed by atoms with Gasteiger partial charge in [0.15, 0.2) is 0 Å². The molecule has 7 nitrogen and oxygen atoms in total. The highest BCUT2D eigenvalue weighted by molar-refractivity contribution is 14.1. The first-order valence-electron chi connectivity index (χ1n) is 7.83. The van der Waals surface area contributed by atoms with Crippen molar-refractivity contribution in [2.45, 2.75) is 13.0 Å². The molecular formula is C17H17IN4O3. The fourth-order valence-electron chi connectivity index (χ4n) is 2.48. The Balaban J connectivity index is 1.78. The number of amides is 3. The van der Waals surface area contributed by atoms with Gasteiger partial charge in [-0.1, -0.05) is 18.2 Å². The van der Waals surface area contributed by atoms with E-state index in [0.29, 0.717) is 17.9 Å². The highest BCUT2D eigenvalue weighted by Crippen LogP contribution is 2.19. The van der Waals surface area contributed by atoms with Crippen molar-refractivity contribution in [3.8, 4) is 0 Å². The lowest BCUT2D eigenvalue weighted by atomic mass is 10.1. The van der Waals surface area contributed by atoms with Crippen LogP contribution in [-0.2, 0) is 9.71 Å². The predicted molar refractivity (Wildman–Crippen MR) is 101 cm³/mol. The molecule has 1 fully saturated rings. The SMILES string of the molecule is O=C(NOI)c1ccc(CN(C(=O)N2CCC2)c2ccccn2)cc1. The van der Waals surface area contributed by atoms with E-state index in [4.69, 9.17) is 0 Å². The van der Waals surface area contributed by atoms with Gasteiger partial charge in [0.05, 0.1) is 6.54 Å². The molecule has 0 saturated carbocycles. The van der Waals surface area contributed by atoms with E-state index in [9.17, 15) is 9.59 Å². The van der Waals surface area contributed by atoms with Gasteiger partial charge >= 0.3 is 6.03 Å². The first-order chi connectivity index (χ1) is 12.2. The first kappa shape index (κ1) is 17.6. The Hall–Kier alpha value is -2.20. The molecular weight excluding hydrogens is 435 g/mol. The van der Waals surface area contributed by atoms with Crippen LogP contribution in [0.15, 0.2) is 48.7 Å². The summed E-state index contributed by atoms with van der Waals surface area (Å²) in [4.78, 5) is 32.2. The van der Waals surface area contributed by atoms with Crippen molar-refractivity contribution in [1.82, 2.24) is 15.4 Å². The van der Waals surface area contributed by atoms with Crippen LogP contribution in [0.5, 0.6) is 0 Å². The smallest absolute Gasteiger partial charge is 0.324 e. The maximum absolute atomic E-state index is 12.7. The number of carbonyl (C=O) groups is 2. The van der Waals surface area contributed by atoms with Crippen LogP contribution in [0, 0.1) is 0 Å². The zero-order valence-corrected chi connectivity index (χ0v) is 15.5. The fourth-order valence-corrected chi connectivity index (χ4v) is 2.68. The molecule has 0 atom stereocenters. The van der Waals surface area contributed by atoms with Crippen LogP contribution < -0.4 is 10.4 Å². The Morgan fingerprint density at radius 3 is 2.52 bits per heavy atom. The van der Waals surface area contributed by atoms with Crippen molar-refractivity contribution in [2.24, 2.45) is 0 Å². The molecule has 25 heavy (non-hydrogen) atoms. The number of anilines is 1. The number of likely N-dealkylation sites (tertiary alicyclic amines) is 1. The van der Waals surface area contributed by atoms with Gasteiger partial charge in [-0.2, -0.15) is 0 Å². The molecule has 0 spiro atoms. The molecule has 1 aromatic carbocycles. The molecule has 1 aromatic heterocycles. The van der Waals surface area contributed by atoms with Crippen LogP contribution >= 0.6 is 23.0 Å². The predicted octanol–water partition coefficient (Wildman–Crippen LogP) is 2.93. The number of carbonyl (C=O) groups excluding carboxylic acids is 2. The third kappa shape index (κ3) is 4.26. The van der Waals surface area contributed by atoms with E-state index in [1.165, 1.54) is 0 Å². The van der Waals surface area contributed by atoms with Gasteiger partial charge in [0, 0.05) is 24.8 Å². The molecule has 0 radical (unpaired) electrons. The van der Waals surface area contributed by atoms with Gasteiger partial charge in [-0.25, -0.2) is 18.4 Å². The Kier molecular flexibility index (Phi) is 5.82. The largest absolute Gasteiger partial charge is 0.325 e. The Labute approximate surface area is 159 Å². The van der Waals surface area contributed by atoms with Gasteiger partial charge < -0.3 is 4.90 Å². The number of nitrogens with zero attached hydrogens (tertiary/aromatic N) is 3. The number of benzene rings is 1. The summed E-state index contributed by atoms with van der Waals surface area (Å²) in [6.07, 6.45) is 2.70. The van der Waals surface area contributed by atoms with Gasteiger partial charge in [-0.05, 0) is 36.2 Å². The van der Waals surface area contributed by atoms with E-state index in [1.807, 2.05) is 30.3 Å². The minimum Gasteiger partial charge on any atom is -0.324 e. The van der Waals surface area contributed by atoms with Crippen molar-refractivity contribution >= 4 is 40.8 Å². The summed E-state index contributed by atoms with van der Waals surface area (Å²) in [5, 5.41) is 0. The third-order valence-electron chi connectivity index (χ3n) is 3.97. The van der Waals surface area contributed by atoms with E-state index >= 15 is 0 Å². The lowest BCUT2D eigenvalue weighted by Crippen LogP contribution is -2.49. The van der Waals surface area contributed by atoms with Gasteiger partial charge in [0.1, 0.15) is 28.8 Å². The average molecular weight is 452 g/mol. The number of urea groups is 1. The summed E-state index contributed by atoms with van der Waals surface area (Å²) >= 11 is 1.59. The monoisotopic (exact) mass is 452 g/mol. The van der Waals surface area contributed by atoms with Crippen molar-refractivity contribution in [3.05, 3.63) is 59.8 Å². The van der Waals surface area contributed by atoms with E-state index < -0.39 is 0 Å². The maximum Gasteiger partial charge on any atom is 0.325 e. The van der Waals surface area contributed by atoms with E-state index in [1.54, 1.807) is 51.1 Å². The summed E-state index contributed by atoms with van der Waals surface area (Å²) in [6, 6.07) is 12.5. The van der Waals surface area contributed by atoms with E-state index in [-0.39, 0.29) is 11.9 Å². The summed E-state index contributed by atoms with van der Waals surface area (Å²) in [5.41, 5.74) is 3.66. The number of hydroxylamine groups is 1. The summed E-state index contributed by atoms with van der Waals surface area (Å²) in [6.45, 7) is 1.94. The normalized spacial score (nSPS) is 13.1. The van der Waals surface area contributed by atoms with Crippen LogP contribution in [0.1, 0.15) is 22.3 Å². The molecule has 1 aliphatic heterocycles. The molecule has 3 rings (SSSR count). The highest BCUT2D eigenvalue weighted by atomic mass is 127. The number of halogens is 1. The van der Waals surface area contributed by atoms with Gasteiger partial charge in [0.2, 0.25) is 0 Å².